The second kappa shape index (κ2) is 11.2. The molecule has 0 unspecified atom stereocenters. The number of hydrogen-bond donors (Lipinski definition) is 5. The summed E-state index contributed by atoms with van der Waals surface area (Å²) in [5.74, 6) is -1.26. The van der Waals surface area contributed by atoms with Crippen molar-refractivity contribution in [3.63, 3.8) is 0 Å². The van der Waals surface area contributed by atoms with Gasteiger partial charge in [-0.15, -0.1) is 0 Å². The van der Waals surface area contributed by atoms with Gasteiger partial charge in [-0.2, -0.15) is 0 Å². The van der Waals surface area contributed by atoms with Crippen LogP contribution in [0.4, 0.5) is 4.79 Å². The minimum absolute atomic E-state index is 0.0659. The second-order valence-electron chi connectivity index (χ2n) is 7.20. The number of rotatable bonds is 10. The molecule has 1 aromatic carbocycles. The third kappa shape index (κ3) is 7.96. The van der Waals surface area contributed by atoms with Gasteiger partial charge in [0.1, 0.15) is 12.6 Å². The van der Waals surface area contributed by atoms with Crippen LogP contribution in [0.15, 0.2) is 42.9 Å². The van der Waals surface area contributed by atoms with Gasteiger partial charge < -0.3 is 30.4 Å². The van der Waals surface area contributed by atoms with Crippen molar-refractivity contribution in [2.45, 2.75) is 45.3 Å². The molecule has 2 aromatic rings. The van der Waals surface area contributed by atoms with E-state index in [1.165, 1.54) is 6.33 Å². The molecule has 9 nitrogen and oxygen atoms in total. The van der Waals surface area contributed by atoms with Crippen LogP contribution in [0.1, 0.15) is 31.5 Å². The third-order valence-corrected chi connectivity index (χ3v) is 4.21. The fraction of sp³-hybridized carbons (Fsp3) is 0.421. The lowest BCUT2D eigenvalue weighted by Gasteiger charge is -2.23. The zero-order chi connectivity index (χ0) is 21.2. The van der Waals surface area contributed by atoms with Gasteiger partial charge in [-0.3, -0.25) is 4.79 Å². The van der Waals surface area contributed by atoms with Gasteiger partial charge in [-0.25, -0.2) is 9.78 Å². The van der Waals surface area contributed by atoms with E-state index in [0.717, 1.165) is 5.56 Å². The maximum absolute atomic E-state index is 12.7. The van der Waals surface area contributed by atoms with E-state index in [-0.39, 0.29) is 18.9 Å². The molecule has 0 saturated heterocycles. The molecular formula is C19H27BN4O5. The second-order valence-corrected chi connectivity index (χ2v) is 7.20. The number of amides is 2. The van der Waals surface area contributed by atoms with Gasteiger partial charge in [-0.1, -0.05) is 44.2 Å². The first-order valence-corrected chi connectivity index (χ1v) is 9.46. The maximum atomic E-state index is 12.7. The quantitative estimate of drug-likeness (QED) is 0.373. The summed E-state index contributed by atoms with van der Waals surface area (Å²) in [5.41, 5.74) is 1.45. The van der Waals surface area contributed by atoms with E-state index in [2.05, 4.69) is 20.6 Å². The lowest BCUT2D eigenvalue weighted by atomic mass is 9.75. The molecule has 0 radical (unpaired) electrons. The topological polar surface area (TPSA) is 137 Å². The normalized spacial score (nSPS) is 12.9. The lowest BCUT2D eigenvalue weighted by Crippen LogP contribution is -2.55. The van der Waals surface area contributed by atoms with E-state index in [1.807, 2.05) is 44.2 Å². The van der Waals surface area contributed by atoms with Crippen LogP contribution in [-0.4, -0.2) is 51.1 Å². The number of imidazole rings is 1. The minimum Gasteiger partial charge on any atom is -0.445 e. The Bertz CT molecular complexity index is 755. The number of aromatic amines is 1. The van der Waals surface area contributed by atoms with Crippen LogP contribution in [0.3, 0.4) is 0 Å². The molecular weight excluding hydrogens is 375 g/mol. The highest BCUT2D eigenvalue weighted by atomic mass is 16.5. The molecule has 0 spiro atoms. The smallest absolute Gasteiger partial charge is 0.445 e. The average molecular weight is 402 g/mol. The summed E-state index contributed by atoms with van der Waals surface area (Å²) in [7, 11) is -1.71. The van der Waals surface area contributed by atoms with Gasteiger partial charge in [0, 0.05) is 18.3 Å². The standard InChI is InChI=1S/C19H27BN4O5/c1-13(2)8-17(20(27)28)24-18(25)16(9-15-10-21-12-22-15)23-19(26)29-11-14-6-4-3-5-7-14/h3-7,10,12-13,16-17,27-28H,8-9,11H2,1-2H3,(H,21,22)(H,23,26)(H,24,25)/t16-,17-/m0/s1. The van der Waals surface area contributed by atoms with E-state index in [0.29, 0.717) is 12.1 Å². The highest BCUT2D eigenvalue weighted by Crippen LogP contribution is 2.08. The first-order chi connectivity index (χ1) is 13.8. The van der Waals surface area contributed by atoms with Crippen LogP contribution in [0.25, 0.3) is 0 Å². The van der Waals surface area contributed by atoms with Crippen molar-refractivity contribution in [3.8, 4) is 0 Å². The van der Waals surface area contributed by atoms with Gasteiger partial charge in [0.2, 0.25) is 5.91 Å². The minimum atomic E-state index is -1.71. The molecule has 2 amide bonds. The Kier molecular flexibility index (Phi) is 8.69. The van der Waals surface area contributed by atoms with Gasteiger partial charge in [-0.05, 0) is 17.9 Å². The van der Waals surface area contributed by atoms with Crippen LogP contribution in [-0.2, 0) is 22.6 Å². The van der Waals surface area contributed by atoms with Crippen molar-refractivity contribution in [1.29, 1.82) is 0 Å². The maximum Gasteiger partial charge on any atom is 0.475 e. The Balaban J connectivity index is 2.01. The molecule has 1 heterocycles. The molecule has 2 atom stereocenters. The number of H-pyrrole nitrogens is 1. The Labute approximate surface area is 170 Å². The first-order valence-electron chi connectivity index (χ1n) is 9.46. The van der Waals surface area contributed by atoms with Crippen molar-refractivity contribution in [3.05, 3.63) is 54.1 Å². The number of alkyl carbamates (subject to hydrolysis) is 1. The largest absolute Gasteiger partial charge is 0.475 e. The van der Waals surface area contributed by atoms with Crippen molar-refractivity contribution in [2.24, 2.45) is 5.92 Å². The highest BCUT2D eigenvalue weighted by molar-refractivity contribution is 6.43. The summed E-state index contributed by atoms with van der Waals surface area (Å²) in [5, 5.41) is 24.2. The average Bonchev–Trinajstić information content (AvgIpc) is 3.19. The number of nitrogens with one attached hydrogen (secondary N) is 3. The van der Waals surface area contributed by atoms with E-state index in [9.17, 15) is 19.6 Å². The first kappa shape index (κ1) is 22.4. The molecule has 29 heavy (non-hydrogen) atoms. The summed E-state index contributed by atoms with van der Waals surface area (Å²) >= 11 is 0. The fourth-order valence-corrected chi connectivity index (χ4v) is 2.78. The molecule has 0 fully saturated rings. The predicted molar refractivity (Wildman–Crippen MR) is 107 cm³/mol. The number of carbonyl (C=O) groups excluding carboxylic acids is 2. The number of benzene rings is 1. The third-order valence-electron chi connectivity index (χ3n) is 4.21. The number of nitrogens with zero attached hydrogens (tertiary/aromatic N) is 1. The van der Waals surface area contributed by atoms with E-state index in [4.69, 9.17) is 4.74 Å². The van der Waals surface area contributed by atoms with Crippen molar-refractivity contribution in [2.75, 3.05) is 0 Å². The zero-order valence-corrected chi connectivity index (χ0v) is 16.5. The Hall–Kier alpha value is -2.85. The molecule has 0 aliphatic heterocycles. The molecule has 1 aromatic heterocycles. The van der Waals surface area contributed by atoms with Crippen LogP contribution in [0.5, 0.6) is 0 Å². The summed E-state index contributed by atoms with van der Waals surface area (Å²) in [6.45, 7) is 3.88. The number of carbonyl (C=O) groups is 2. The molecule has 0 aliphatic rings. The van der Waals surface area contributed by atoms with Crippen molar-refractivity contribution < 1.29 is 24.4 Å². The molecule has 0 aliphatic carbocycles. The van der Waals surface area contributed by atoms with Crippen LogP contribution in [0.2, 0.25) is 0 Å². The van der Waals surface area contributed by atoms with Gasteiger partial charge in [0.05, 0.1) is 12.3 Å². The van der Waals surface area contributed by atoms with Gasteiger partial charge in [0.25, 0.3) is 0 Å². The number of aromatic nitrogens is 2. The molecule has 5 N–H and O–H groups in total. The zero-order valence-electron chi connectivity index (χ0n) is 16.5. The van der Waals surface area contributed by atoms with Crippen molar-refractivity contribution in [1.82, 2.24) is 20.6 Å². The van der Waals surface area contributed by atoms with Crippen LogP contribution in [0, 0.1) is 5.92 Å². The molecule has 0 saturated carbocycles. The Morgan fingerprint density at radius 1 is 1.21 bits per heavy atom. The summed E-state index contributed by atoms with van der Waals surface area (Å²) in [4.78, 5) is 31.7. The summed E-state index contributed by atoms with van der Waals surface area (Å²) in [6.07, 6.45) is 2.78. The Morgan fingerprint density at radius 3 is 2.52 bits per heavy atom. The fourth-order valence-electron chi connectivity index (χ4n) is 2.78. The SMILES string of the molecule is CC(C)C[C@H](NC(=O)[C@H](Cc1cnc[nH]1)NC(=O)OCc1ccccc1)B(O)O. The van der Waals surface area contributed by atoms with Gasteiger partial charge in [0.15, 0.2) is 0 Å². The highest BCUT2D eigenvalue weighted by Gasteiger charge is 2.30. The van der Waals surface area contributed by atoms with Gasteiger partial charge >= 0.3 is 13.2 Å². The summed E-state index contributed by atoms with van der Waals surface area (Å²) < 4.78 is 5.19. The number of hydrogen-bond acceptors (Lipinski definition) is 6. The molecule has 156 valence electrons. The summed E-state index contributed by atoms with van der Waals surface area (Å²) in [6, 6.07) is 8.19. The van der Waals surface area contributed by atoms with E-state index < -0.39 is 31.1 Å². The Morgan fingerprint density at radius 2 is 1.93 bits per heavy atom. The van der Waals surface area contributed by atoms with E-state index >= 15 is 0 Å². The predicted octanol–water partition coefficient (Wildman–Crippen LogP) is 0.790. The lowest BCUT2D eigenvalue weighted by molar-refractivity contribution is -0.123. The van der Waals surface area contributed by atoms with Crippen LogP contribution >= 0.6 is 0 Å². The number of ether oxygens (including phenoxy) is 1. The molecule has 10 heteroatoms. The van der Waals surface area contributed by atoms with E-state index in [1.54, 1.807) is 6.20 Å². The van der Waals surface area contributed by atoms with Crippen molar-refractivity contribution >= 4 is 19.1 Å². The molecule has 0 bridgehead atoms. The molecule has 2 rings (SSSR count). The monoisotopic (exact) mass is 402 g/mol. The van der Waals surface area contributed by atoms with Crippen LogP contribution < -0.4 is 10.6 Å².